The number of hydrogen-bond acceptors (Lipinski definition) is 1. The van der Waals surface area contributed by atoms with Crippen LogP contribution in [0.2, 0.25) is 0 Å². The van der Waals surface area contributed by atoms with E-state index < -0.39 is 0 Å². The van der Waals surface area contributed by atoms with Gasteiger partial charge in [0.15, 0.2) is 0 Å². The van der Waals surface area contributed by atoms with Crippen LogP contribution in [0.1, 0.15) is 26.3 Å². The van der Waals surface area contributed by atoms with E-state index in [9.17, 15) is 0 Å². The third-order valence-electron chi connectivity index (χ3n) is 1.44. The molecule has 1 rings (SSSR count). The predicted octanol–water partition coefficient (Wildman–Crippen LogP) is 3.34. The fourth-order valence-electron chi connectivity index (χ4n) is 0.849. The molecule has 0 aliphatic heterocycles. The third kappa shape index (κ3) is 5.97. The van der Waals surface area contributed by atoms with Crippen molar-refractivity contribution in [3.05, 3.63) is 48.2 Å². The summed E-state index contributed by atoms with van der Waals surface area (Å²) >= 11 is 0. The molecular weight excluding hydrogens is 158 g/mol. The second-order valence-electron chi connectivity index (χ2n) is 2.62. The minimum Gasteiger partial charge on any atom is -0.385 e. The molecule has 0 radical (unpaired) electrons. The molecule has 0 amide bonds. The molecule has 1 N–H and O–H groups in total. The van der Waals surface area contributed by atoms with Crippen LogP contribution >= 0.6 is 0 Å². The molecule has 1 aromatic carbocycles. The normalized spacial score (nSPS) is 8.23. The number of rotatable bonds is 3. The van der Waals surface area contributed by atoms with Gasteiger partial charge in [-0.2, -0.15) is 0 Å². The van der Waals surface area contributed by atoms with Crippen LogP contribution in [0, 0.1) is 0 Å². The van der Waals surface area contributed by atoms with Gasteiger partial charge in [0.1, 0.15) is 0 Å². The fourth-order valence-corrected chi connectivity index (χ4v) is 0.849. The summed E-state index contributed by atoms with van der Waals surface area (Å²) < 4.78 is 0. The van der Waals surface area contributed by atoms with Gasteiger partial charge in [0.05, 0.1) is 0 Å². The maximum absolute atomic E-state index is 3.76. The van der Waals surface area contributed by atoms with E-state index in [1.165, 1.54) is 5.56 Å². The summed E-state index contributed by atoms with van der Waals surface area (Å²) in [4.78, 5) is 0. The fraction of sp³-hybridized carbons (Fsp3) is 0.333. The zero-order chi connectivity index (χ0) is 10.1. The van der Waals surface area contributed by atoms with Crippen molar-refractivity contribution in [1.82, 2.24) is 5.32 Å². The quantitative estimate of drug-likeness (QED) is 0.746. The molecular formula is C12H19N. The second kappa shape index (κ2) is 7.41. The Morgan fingerprint density at radius 1 is 1.23 bits per heavy atom. The Labute approximate surface area is 81.5 Å². The molecule has 1 nitrogen and oxygen atoms in total. The number of allylic oxidation sites excluding steroid dienone is 1. The Hall–Kier alpha value is -1.24. The van der Waals surface area contributed by atoms with Crippen LogP contribution in [0.15, 0.2) is 42.6 Å². The van der Waals surface area contributed by atoms with Crippen LogP contribution in [0.5, 0.6) is 0 Å². The minimum absolute atomic E-state index is 0.871. The highest BCUT2D eigenvalue weighted by molar-refractivity contribution is 5.14. The summed E-state index contributed by atoms with van der Waals surface area (Å²) in [5.74, 6) is 0. The summed E-state index contributed by atoms with van der Waals surface area (Å²) in [5.41, 5.74) is 2.30. The Morgan fingerprint density at radius 2 is 1.77 bits per heavy atom. The lowest BCUT2D eigenvalue weighted by atomic mass is 10.2. The van der Waals surface area contributed by atoms with E-state index in [1.807, 2.05) is 39.0 Å². The van der Waals surface area contributed by atoms with Gasteiger partial charge in [-0.1, -0.05) is 50.8 Å². The molecule has 0 aliphatic rings. The molecule has 0 atom stereocenters. The summed E-state index contributed by atoms with van der Waals surface area (Å²) in [6.07, 6.45) is 0. The minimum atomic E-state index is 0.871. The van der Waals surface area contributed by atoms with Crippen molar-refractivity contribution in [3.63, 3.8) is 0 Å². The monoisotopic (exact) mass is 177 g/mol. The average Bonchev–Trinajstić information content (AvgIpc) is 2.19. The summed E-state index contributed by atoms with van der Waals surface area (Å²) in [7, 11) is 0. The van der Waals surface area contributed by atoms with Crippen LogP contribution in [0.4, 0.5) is 0 Å². The molecule has 0 spiro atoms. The first-order chi connectivity index (χ1) is 6.29. The molecule has 0 saturated carbocycles. The molecule has 0 aromatic heterocycles. The first kappa shape index (κ1) is 11.8. The van der Waals surface area contributed by atoms with Gasteiger partial charge in [0, 0.05) is 12.2 Å². The van der Waals surface area contributed by atoms with Crippen LogP contribution in [0.3, 0.4) is 0 Å². The number of nitrogens with one attached hydrogen (secondary N) is 1. The van der Waals surface area contributed by atoms with E-state index in [0.717, 1.165) is 12.2 Å². The topological polar surface area (TPSA) is 12.0 Å². The molecule has 0 bridgehead atoms. The highest BCUT2D eigenvalue weighted by Gasteiger charge is 1.87. The Kier molecular flexibility index (Phi) is 6.70. The SMILES string of the molecule is C=C(C)NCc1ccccc1.CC. The van der Waals surface area contributed by atoms with Crippen molar-refractivity contribution < 1.29 is 0 Å². The van der Waals surface area contributed by atoms with Crippen LogP contribution in [-0.4, -0.2) is 0 Å². The molecule has 0 saturated heterocycles. The van der Waals surface area contributed by atoms with Crippen molar-refractivity contribution in [2.75, 3.05) is 0 Å². The summed E-state index contributed by atoms with van der Waals surface area (Å²) in [6.45, 7) is 10.6. The lowest BCUT2D eigenvalue weighted by Gasteiger charge is -2.03. The molecule has 72 valence electrons. The summed E-state index contributed by atoms with van der Waals surface area (Å²) in [5, 5.41) is 3.17. The van der Waals surface area contributed by atoms with E-state index in [-0.39, 0.29) is 0 Å². The van der Waals surface area contributed by atoms with Crippen molar-refractivity contribution in [3.8, 4) is 0 Å². The van der Waals surface area contributed by atoms with Crippen molar-refractivity contribution >= 4 is 0 Å². The smallest absolute Gasteiger partial charge is 0.0397 e. The van der Waals surface area contributed by atoms with Gasteiger partial charge in [-0.05, 0) is 12.5 Å². The molecule has 1 heteroatoms. The van der Waals surface area contributed by atoms with Crippen molar-refractivity contribution in [1.29, 1.82) is 0 Å². The van der Waals surface area contributed by atoms with Gasteiger partial charge >= 0.3 is 0 Å². The van der Waals surface area contributed by atoms with E-state index in [1.54, 1.807) is 0 Å². The Balaban J connectivity index is 0.000000671. The van der Waals surface area contributed by atoms with E-state index in [0.29, 0.717) is 0 Å². The zero-order valence-corrected chi connectivity index (χ0v) is 8.80. The summed E-state index contributed by atoms with van der Waals surface area (Å²) in [6, 6.07) is 10.3. The Morgan fingerprint density at radius 3 is 2.23 bits per heavy atom. The van der Waals surface area contributed by atoms with E-state index >= 15 is 0 Å². The van der Waals surface area contributed by atoms with E-state index in [2.05, 4.69) is 24.0 Å². The standard InChI is InChI=1S/C10H13N.C2H6/c1-9(2)11-8-10-6-4-3-5-7-10;1-2/h3-7,11H,1,8H2,2H3;1-2H3. The molecule has 0 fully saturated rings. The number of benzene rings is 1. The lowest BCUT2D eigenvalue weighted by molar-refractivity contribution is 0.816. The molecule has 0 unspecified atom stereocenters. The van der Waals surface area contributed by atoms with Gasteiger partial charge in [-0.3, -0.25) is 0 Å². The zero-order valence-electron chi connectivity index (χ0n) is 8.80. The van der Waals surface area contributed by atoms with Crippen LogP contribution in [0.25, 0.3) is 0 Å². The average molecular weight is 177 g/mol. The van der Waals surface area contributed by atoms with Gasteiger partial charge in [0.2, 0.25) is 0 Å². The first-order valence-corrected chi connectivity index (χ1v) is 4.72. The van der Waals surface area contributed by atoms with Gasteiger partial charge in [-0.25, -0.2) is 0 Å². The van der Waals surface area contributed by atoms with Crippen LogP contribution < -0.4 is 5.32 Å². The highest BCUT2D eigenvalue weighted by atomic mass is 14.9. The first-order valence-electron chi connectivity index (χ1n) is 4.72. The van der Waals surface area contributed by atoms with Crippen LogP contribution in [-0.2, 0) is 6.54 Å². The van der Waals surface area contributed by atoms with Gasteiger partial charge < -0.3 is 5.32 Å². The van der Waals surface area contributed by atoms with Crippen molar-refractivity contribution in [2.24, 2.45) is 0 Å². The molecule has 0 aliphatic carbocycles. The largest absolute Gasteiger partial charge is 0.385 e. The molecule has 13 heavy (non-hydrogen) atoms. The number of hydrogen-bond donors (Lipinski definition) is 1. The van der Waals surface area contributed by atoms with E-state index in [4.69, 9.17) is 0 Å². The lowest BCUT2D eigenvalue weighted by Crippen LogP contribution is -2.08. The van der Waals surface area contributed by atoms with Gasteiger partial charge in [-0.15, -0.1) is 0 Å². The predicted molar refractivity (Wildman–Crippen MR) is 59.4 cm³/mol. The Bertz CT molecular complexity index is 226. The second-order valence-corrected chi connectivity index (χ2v) is 2.62. The third-order valence-corrected chi connectivity index (χ3v) is 1.44. The van der Waals surface area contributed by atoms with Gasteiger partial charge in [0.25, 0.3) is 0 Å². The molecule has 1 aromatic rings. The highest BCUT2D eigenvalue weighted by Crippen LogP contribution is 1.97. The maximum atomic E-state index is 3.76. The molecule has 0 heterocycles. The van der Waals surface area contributed by atoms with Crippen molar-refractivity contribution in [2.45, 2.75) is 27.3 Å². The maximum Gasteiger partial charge on any atom is 0.0397 e.